The van der Waals surface area contributed by atoms with E-state index in [-0.39, 0.29) is 0 Å². The molecule has 1 aromatic carbocycles. The van der Waals surface area contributed by atoms with Crippen molar-refractivity contribution in [2.24, 2.45) is 0 Å². The molecule has 3 rings (SSSR count). The fraction of sp³-hybridized carbons (Fsp3) is 0.450. The molecule has 0 amide bonds. The zero-order chi connectivity index (χ0) is 17.6. The molecule has 0 radical (unpaired) electrons. The van der Waals surface area contributed by atoms with Crippen molar-refractivity contribution in [3.05, 3.63) is 51.9 Å². The van der Waals surface area contributed by atoms with Gasteiger partial charge in [-0.2, -0.15) is 0 Å². The molecule has 5 heteroatoms. The van der Waals surface area contributed by atoms with E-state index in [9.17, 15) is 0 Å². The monoisotopic (exact) mass is 379 g/mol. The number of nitrogens with zero attached hydrogens (tertiary/aromatic N) is 1. The van der Waals surface area contributed by atoms with Crippen molar-refractivity contribution in [2.75, 3.05) is 0 Å². The number of hydrogen-bond donors (Lipinski definition) is 0. The van der Waals surface area contributed by atoms with Crippen LogP contribution in [0.4, 0.5) is 0 Å². The summed E-state index contributed by atoms with van der Waals surface area (Å²) < 4.78 is 11.4. The highest BCUT2D eigenvalue weighted by Crippen LogP contribution is 2.46. The first-order valence-electron chi connectivity index (χ1n) is 8.91. The van der Waals surface area contributed by atoms with E-state index in [0.717, 1.165) is 30.6 Å². The summed E-state index contributed by atoms with van der Waals surface area (Å²) in [5.74, 6) is 1.35. The Morgan fingerprint density at radius 1 is 1.24 bits per heavy atom. The van der Waals surface area contributed by atoms with Crippen molar-refractivity contribution in [2.45, 2.75) is 58.0 Å². The van der Waals surface area contributed by atoms with Gasteiger partial charge in [-0.05, 0) is 43.9 Å². The van der Waals surface area contributed by atoms with E-state index in [1.165, 1.54) is 19.3 Å². The first-order chi connectivity index (χ1) is 12.2. The molecule has 1 heterocycles. The summed E-state index contributed by atoms with van der Waals surface area (Å²) in [5, 5.41) is 5.40. The van der Waals surface area contributed by atoms with E-state index in [0.29, 0.717) is 33.8 Å². The van der Waals surface area contributed by atoms with Crippen LogP contribution < -0.4 is 0 Å². The first-order valence-corrected chi connectivity index (χ1v) is 9.67. The minimum atomic E-state index is 0.413. The van der Waals surface area contributed by atoms with Crippen molar-refractivity contribution in [3.63, 3.8) is 0 Å². The highest BCUT2D eigenvalue weighted by Gasteiger charge is 2.33. The molecule has 0 N–H and O–H groups in total. The second kappa shape index (κ2) is 8.77. The molecule has 134 valence electrons. The average Bonchev–Trinajstić information content (AvgIpc) is 3.36. The van der Waals surface area contributed by atoms with Crippen LogP contribution in [0.15, 0.2) is 35.1 Å². The Morgan fingerprint density at radius 3 is 2.68 bits per heavy atom. The van der Waals surface area contributed by atoms with E-state index >= 15 is 0 Å². The minimum absolute atomic E-state index is 0.413. The standard InChI is InChI=1S/C20H23Cl2NO2/c1-2-3-4-5-6-12-24-13-15-19(23-25-20(15)14-10-11-14)18-16(21)8-7-9-17(18)22/h6-9,12,14H,2-5,10-11,13H2,1H3. The Kier molecular flexibility index (Phi) is 6.44. The molecule has 3 nitrogen and oxygen atoms in total. The average molecular weight is 380 g/mol. The Morgan fingerprint density at radius 2 is 2.00 bits per heavy atom. The molecule has 0 aliphatic heterocycles. The van der Waals surface area contributed by atoms with Gasteiger partial charge in [-0.25, -0.2) is 0 Å². The van der Waals surface area contributed by atoms with Crippen LogP contribution in [0.5, 0.6) is 0 Å². The second-order valence-electron chi connectivity index (χ2n) is 6.42. The van der Waals surface area contributed by atoms with Crippen LogP contribution in [0.2, 0.25) is 10.0 Å². The lowest BCUT2D eigenvalue weighted by atomic mass is 10.0. The maximum absolute atomic E-state index is 6.35. The van der Waals surface area contributed by atoms with Crippen LogP contribution in [-0.2, 0) is 11.3 Å². The highest BCUT2D eigenvalue weighted by atomic mass is 35.5. The molecule has 1 saturated carbocycles. The lowest BCUT2D eigenvalue weighted by Gasteiger charge is -2.07. The smallest absolute Gasteiger partial charge is 0.147 e. The van der Waals surface area contributed by atoms with Gasteiger partial charge in [-0.3, -0.25) is 0 Å². The molecule has 2 aromatic rings. The Bertz CT molecular complexity index is 715. The van der Waals surface area contributed by atoms with Crippen LogP contribution in [0.1, 0.15) is 62.7 Å². The largest absolute Gasteiger partial charge is 0.497 e. The predicted molar refractivity (Wildman–Crippen MR) is 102 cm³/mol. The third-order valence-electron chi connectivity index (χ3n) is 4.36. The zero-order valence-electron chi connectivity index (χ0n) is 14.4. The van der Waals surface area contributed by atoms with Crippen molar-refractivity contribution in [1.82, 2.24) is 5.16 Å². The fourth-order valence-corrected chi connectivity index (χ4v) is 3.40. The van der Waals surface area contributed by atoms with Gasteiger partial charge in [0.2, 0.25) is 0 Å². The van der Waals surface area contributed by atoms with Gasteiger partial charge < -0.3 is 9.26 Å². The van der Waals surface area contributed by atoms with Crippen molar-refractivity contribution < 1.29 is 9.26 Å². The van der Waals surface area contributed by atoms with Crippen molar-refractivity contribution in [1.29, 1.82) is 0 Å². The SMILES string of the molecule is CCCCCC=COCc1c(-c2c(Cl)cccc2Cl)noc1C1CC1. The van der Waals surface area contributed by atoms with E-state index in [1.807, 2.05) is 18.2 Å². The molecule has 1 aromatic heterocycles. The topological polar surface area (TPSA) is 35.3 Å². The van der Waals surface area contributed by atoms with Gasteiger partial charge in [0, 0.05) is 11.5 Å². The summed E-state index contributed by atoms with van der Waals surface area (Å²) in [7, 11) is 0. The number of aromatic nitrogens is 1. The second-order valence-corrected chi connectivity index (χ2v) is 7.24. The van der Waals surface area contributed by atoms with Gasteiger partial charge in [0.15, 0.2) is 0 Å². The van der Waals surface area contributed by atoms with Gasteiger partial charge in [0.05, 0.1) is 21.9 Å². The summed E-state index contributed by atoms with van der Waals surface area (Å²) in [5.41, 5.74) is 2.36. The van der Waals surface area contributed by atoms with Gasteiger partial charge >= 0.3 is 0 Å². The van der Waals surface area contributed by atoms with E-state index < -0.39 is 0 Å². The molecule has 0 atom stereocenters. The number of rotatable bonds is 9. The van der Waals surface area contributed by atoms with Gasteiger partial charge in [-0.1, -0.05) is 54.2 Å². The maximum atomic E-state index is 6.35. The number of unbranched alkanes of at least 4 members (excludes halogenated alkanes) is 3. The number of ether oxygens (including phenoxy) is 1. The van der Waals surface area contributed by atoms with Crippen LogP contribution >= 0.6 is 23.2 Å². The van der Waals surface area contributed by atoms with E-state index in [1.54, 1.807) is 6.26 Å². The molecular formula is C20H23Cl2NO2. The van der Waals surface area contributed by atoms with Crippen molar-refractivity contribution in [3.8, 4) is 11.3 Å². The fourth-order valence-electron chi connectivity index (χ4n) is 2.83. The third-order valence-corrected chi connectivity index (χ3v) is 4.99. The zero-order valence-corrected chi connectivity index (χ0v) is 15.9. The van der Waals surface area contributed by atoms with Gasteiger partial charge in [-0.15, -0.1) is 0 Å². The van der Waals surface area contributed by atoms with Gasteiger partial charge in [0.25, 0.3) is 0 Å². The summed E-state index contributed by atoms with van der Waals surface area (Å²) in [4.78, 5) is 0. The summed E-state index contributed by atoms with van der Waals surface area (Å²) in [6, 6.07) is 5.45. The van der Waals surface area contributed by atoms with Crippen LogP contribution in [0.3, 0.4) is 0 Å². The first kappa shape index (κ1) is 18.3. The number of hydrogen-bond acceptors (Lipinski definition) is 3. The predicted octanol–water partition coefficient (Wildman–Crippen LogP) is 7.14. The molecule has 1 fully saturated rings. The number of halogens is 2. The molecule has 0 saturated heterocycles. The van der Waals surface area contributed by atoms with Crippen LogP contribution in [0.25, 0.3) is 11.3 Å². The normalized spacial score (nSPS) is 14.4. The van der Waals surface area contributed by atoms with Crippen LogP contribution in [0, 0.1) is 0 Å². The number of allylic oxidation sites excluding steroid dienone is 1. The third kappa shape index (κ3) is 4.59. The molecule has 0 unspecified atom stereocenters. The lowest BCUT2D eigenvalue weighted by Crippen LogP contribution is -1.94. The minimum Gasteiger partial charge on any atom is -0.497 e. The molecule has 1 aliphatic rings. The summed E-state index contributed by atoms with van der Waals surface area (Å²) in [6.07, 6.45) is 10.8. The Hall–Kier alpha value is -1.45. The highest BCUT2D eigenvalue weighted by molar-refractivity contribution is 6.39. The molecule has 25 heavy (non-hydrogen) atoms. The summed E-state index contributed by atoms with van der Waals surface area (Å²) >= 11 is 12.7. The van der Waals surface area contributed by atoms with Crippen LogP contribution in [-0.4, -0.2) is 5.16 Å². The Labute approximate surface area is 158 Å². The molecule has 1 aliphatic carbocycles. The Balaban J connectivity index is 1.76. The van der Waals surface area contributed by atoms with E-state index in [4.69, 9.17) is 32.5 Å². The molecule has 0 bridgehead atoms. The lowest BCUT2D eigenvalue weighted by molar-refractivity contribution is 0.232. The maximum Gasteiger partial charge on any atom is 0.147 e. The van der Waals surface area contributed by atoms with Crippen molar-refractivity contribution >= 4 is 23.2 Å². The number of benzene rings is 1. The quantitative estimate of drug-likeness (QED) is 0.343. The van der Waals surface area contributed by atoms with E-state index in [2.05, 4.69) is 18.2 Å². The van der Waals surface area contributed by atoms with Gasteiger partial charge in [0.1, 0.15) is 18.1 Å². The summed E-state index contributed by atoms with van der Waals surface area (Å²) in [6.45, 7) is 2.61. The molecule has 0 spiro atoms. The molecular weight excluding hydrogens is 357 g/mol.